The Morgan fingerprint density at radius 2 is 2.12 bits per heavy atom. The molecule has 0 fully saturated rings. The number of nitrogens with one attached hydrogen (secondary N) is 1. The van der Waals surface area contributed by atoms with Gasteiger partial charge < -0.3 is 5.32 Å². The van der Waals surface area contributed by atoms with E-state index in [0.29, 0.717) is 5.92 Å². The van der Waals surface area contributed by atoms with Crippen molar-refractivity contribution < 1.29 is 0 Å². The molecule has 1 nitrogen and oxygen atoms in total. The Morgan fingerprint density at radius 1 is 1.35 bits per heavy atom. The lowest BCUT2D eigenvalue weighted by atomic mass is 9.81. The Hall–Kier alpha value is -0.980. The van der Waals surface area contributed by atoms with Crippen LogP contribution in [0.15, 0.2) is 18.2 Å². The average Bonchev–Trinajstić information content (AvgIpc) is 2.25. The van der Waals surface area contributed by atoms with Crippen molar-refractivity contribution >= 4 is 5.69 Å². The van der Waals surface area contributed by atoms with Gasteiger partial charge in [0.15, 0.2) is 0 Å². The van der Waals surface area contributed by atoms with Crippen LogP contribution in [-0.4, -0.2) is 5.54 Å². The van der Waals surface area contributed by atoms with Gasteiger partial charge in [0, 0.05) is 11.2 Å². The van der Waals surface area contributed by atoms with E-state index in [4.69, 9.17) is 0 Å². The third-order valence-electron chi connectivity index (χ3n) is 3.76. The van der Waals surface area contributed by atoms with E-state index < -0.39 is 0 Å². The zero-order chi connectivity index (χ0) is 12.5. The van der Waals surface area contributed by atoms with Gasteiger partial charge in [-0.15, -0.1) is 0 Å². The fourth-order valence-electron chi connectivity index (χ4n) is 2.96. The molecule has 0 saturated carbocycles. The van der Waals surface area contributed by atoms with Crippen LogP contribution in [0.4, 0.5) is 5.69 Å². The normalized spacial score (nSPS) is 21.8. The van der Waals surface area contributed by atoms with Gasteiger partial charge in [-0.3, -0.25) is 0 Å². The van der Waals surface area contributed by atoms with E-state index in [1.165, 1.54) is 42.5 Å². The van der Waals surface area contributed by atoms with Crippen LogP contribution in [0.2, 0.25) is 0 Å². The first-order valence-electron chi connectivity index (χ1n) is 6.93. The standard InChI is InChI=1S/C16H25N/c1-5-6-7-13-8-9-15-14(10-13)12(2)11-16(3,4)17-15/h8-10,12,17H,5-7,11H2,1-4H3. The summed E-state index contributed by atoms with van der Waals surface area (Å²) in [6, 6.07) is 6.98. The van der Waals surface area contributed by atoms with Gasteiger partial charge in [0.2, 0.25) is 0 Å². The number of hydrogen-bond donors (Lipinski definition) is 1. The van der Waals surface area contributed by atoms with E-state index in [2.05, 4.69) is 51.2 Å². The van der Waals surface area contributed by atoms with E-state index in [-0.39, 0.29) is 5.54 Å². The Morgan fingerprint density at radius 3 is 2.82 bits per heavy atom. The third-order valence-corrected chi connectivity index (χ3v) is 3.76. The van der Waals surface area contributed by atoms with Crippen molar-refractivity contribution in [1.29, 1.82) is 0 Å². The second kappa shape index (κ2) is 4.72. The van der Waals surface area contributed by atoms with Crippen molar-refractivity contribution in [2.45, 2.75) is 64.8 Å². The van der Waals surface area contributed by atoms with Crippen LogP contribution in [-0.2, 0) is 6.42 Å². The molecule has 17 heavy (non-hydrogen) atoms. The summed E-state index contributed by atoms with van der Waals surface area (Å²) in [7, 11) is 0. The van der Waals surface area contributed by atoms with Crippen molar-refractivity contribution in [3.63, 3.8) is 0 Å². The second-order valence-electron chi connectivity index (χ2n) is 6.14. The number of aryl methyl sites for hydroxylation is 1. The lowest BCUT2D eigenvalue weighted by molar-refractivity contribution is 0.454. The van der Waals surface area contributed by atoms with Crippen LogP contribution in [0.3, 0.4) is 0 Å². The summed E-state index contributed by atoms with van der Waals surface area (Å²) < 4.78 is 0. The van der Waals surface area contributed by atoms with Gasteiger partial charge in [-0.1, -0.05) is 32.4 Å². The average molecular weight is 231 g/mol. The summed E-state index contributed by atoms with van der Waals surface area (Å²) in [6.07, 6.45) is 5.02. The highest BCUT2D eigenvalue weighted by Gasteiger charge is 2.28. The van der Waals surface area contributed by atoms with Gasteiger partial charge in [-0.2, -0.15) is 0 Å². The Bertz CT molecular complexity index is 393. The third kappa shape index (κ3) is 2.83. The summed E-state index contributed by atoms with van der Waals surface area (Å²) in [5.41, 5.74) is 4.59. The molecule has 0 aliphatic carbocycles. The van der Waals surface area contributed by atoms with Gasteiger partial charge in [0.25, 0.3) is 0 Å². The van der Waals surface area contributed by atoms with Gasteiger partial charge in [-0.05, 0) is 56.2 Å². The van der Waals surface area contributed by atoms with Crippen molar-refractivity contribution in [2.75, 3.05) is 5.32 Å². The number of hydrogen-bond acceptors (Lipinski definition) is 1. The van der Waals surface area contributed by atoms with Crippen LogP contribution in [0, 0.1) is 0 Å². The van der Waals surface area contributed by atoms with Gasteiger partial charge in [0.1, 0.15) is 0 Å². The molecule has 0 aromatic heterocycles. The van der Waals surface area contributed by atoms with Crippen LogP contribution in [0.5, 0.6) is 0 Å². The number of benzene rings is 1. The quantitative estimate of drug-likeness (QED) is 0.793. The molecule has 0 amide bonds. The highest BCUT2D eigenvalue weighted by molar-refractivity contribution is 5.58. The topological polar surface area (TPSA) is 12.0 Å². The Balaban J connectivity index is 2.24. The summed E-state index contributed by atoms with van der Waals surface area (Å²) in [6.45, 7) is 9.19. The van der Waals surface area contributed by atoms with Crippen LogP contribution in [0.1, 0.15) is 64.0 Å². The smallest absolute Gasteiger partial charge is 0.0379 e. The molecule has 0 radical (unpaired) electrons. The van der Waals surface area contributed by atoms with E-state index in [1.807, 2.05) is 0 Å². The van der Waals surface area contributed by atoms with Crippen molar-refractivity contribution in [3.05, 3.63) is 29.3 Å². The maximum Gasteiger partial charge on any atom is 0.0379 e. The zero-order valence-electron chi connectivity index (χ0n) is 11.6. The molecule has 2 rings (SSSR count). The molecular formula is C16H25N. The highest BCUT2D eigenvalue weighted by atomic mass is 15.0. The van der Waals surface area contributed by atoms with E-state index in [1.54, 1.807) is 0 Å². The van der Waals surface area contributed by atoms with Gasteiger partial charge in [0.05, 0.1) is 0 Å². The summed E-state index contributed by atoms with van der Waals surface area (Å²) in [5, 5.41) is 3.65. The van der Waals surface area contributed by atoms with Crippen molar-refractivity contribution in [3.8, 4) is 0 Å². The summed E-state index contributed by atoms with van der Waals surface area (Å²) >= 11 is 0. The Labute approximate surface area is 106 Å². The van der Waals surface area contributed by atoms with Gasteiger partial charge >= 0.3 is 0 Å². The van der Waals surface area contributed by atoms with E-state index in [9.17, 15) is 0 Å². The molecule has 1 atom stereocenters. The predicted molar refractivity (Wildman–Crippen MR) is 75.8 cm³/mol. The first-order chi connectivity index (χ1) is 8.02. The minimum Gasteiger partial charge on any atom is -0.380 e. The zero-order valence-corrected chi connectivity index (χ0v) is 11.6. The van der Waals surface area contributed by atoms with Crippen LogP contribution in [0.25, 0.3) is 0 Å². The maximum atomic E-state index is 3.65. The molecule has 0 saturated heterocycles. The fourth-order valence-corrected chi connectivity index (χ4v) is 2.96. The van der Waals surface area contributed by atoms with Crippen molar-refractivity contribution in [1.82, 2.24) is 0 Å². The maximum absolute atomic E-state index is 3.65. The molecule has 0 spiro atoms. The molecule has 1 unspecified atom stereocenters. The molecule has 1 aliphatic heterocycles. The van der Waals surface area contributed by atoms with E-state index >= 15 is 0 Å². The molecule has 1 aromatic carbocycles. The molecule has 1 aliphatic rings. The summed E-state index contributed by atoms with van der Waals surface area (Å²) in [5.74, 6) is 0.669. The fraction of sp³-hybridized carbons (Fsp3) is 0.625. The molecular weight excluding hydrogens is 206 g/mol. The first kappa shape index (κ1) is 12.5. The number of unbranched alkanes of at least 4 members (excludes halogenated alkanes) is 1. The molecule has 1 heterocycles. The highest BCUT2D eigenvalue weighted by Crippen LogP contribution is 2.38. The molecule has 1 heteroatoms. The number of rotatable bonds is 3. The predicted octanol–water partition coefficient (Wildman–Crippen LogP) is 4.73. The Kier molecular flexibility index (Phi) is 3.46. The lowest BCUT2D eigenvalue weighted by Crippen LogP contribution is -2.36. The monoisotopic (exact) mass is 231 g/mol. The minimum absolute atomic E-state index is 0.233. The molecule has 1 N–H and O–H groups in total. The lowest BCUT2D eigenvalue weighted by Gasteiger charge is -2.37. The minimum atomic E-state index is 0.233. The number of anilines is 1. The van der Waals surface area contributed by atoms with Gasteiger partial charge in [-0.25, -0.2) is 0 Å². The van der Waals surface area contributed by atoms with E-state index in [0.717, 1.165) is 0 Å². The second-order valence-corrected chi connectivity index (χ2v) is 6.14. The van der Waals surface area contributed by atoms with Crippen LogP contribution < -0.4 is 5.32 Å². The first-order valence-corrected chi connectivity index (χ1v) is 6.93. The SMILES string of the molecule is CCCCc1ccc2c(c1)C(C)CC(C)(C)N2. The molecule has 0 bridgehead atoms. The van der Waals surface area contributed by atoms with Crippen molar-refractivity contribution in [2.24, 2.45) is 0 Å². The largest absolute Gasteiger partial charge is 0.380 e. The van der Waals surface area contributed by atoms with Crippen LogP contribution >= 0.6 is 0 Å². The molecule has 94 valence electrons. The number of fused-ring (bicyclic) bond motifs is 1. The molecule has 1 aromatic rings. The summed E-state index contributed by atoms with van der Waals surface area (Å²) in [4.78, 5) is 0.